The summed E-state index contributed by atoms with van der Waals surface area (Å²) in [6, 6.07) is 7.15. The van der Waals surface area contributed by atoms with Crippen LogP contribution >= 0.6 is 0 Å². The molecule has 0 bridgehead atoms. The zero-order valence-electron chi connectivity index (χ0n) is 18.1. The number of benzene rings is 1. The number of piperidine rings is 1. The molecule has 162 valence electrons. The highest BCUT2D eigenvalue weighted by Gasteiger charge is 2.41. The van der Waals surface area contributed by atoms with E-state index in [2.05, 4.69) is 40.7 Å². The van der Waals surface area contributed by atoms with Gasteiger partial charge in [0.05, 0.1) is 6.61 Å². The van der Waals surface area contributed by atoms with Crippen LogP contribution in [0.4, 0.5) is 10.5 Å². The normalized spacial score (nSPS) is 26.4. The molecule has 2 aliphatic heterocycles. The van der Waals surface area contributed by atoms with Gasteiger partial charge in [-0.15, -0.1) is 0 Å². The Balaban J connectivity index is 0.00000256. The van der Waals surface area contributed by atoms with Gasteiger partial charge in [-0.1, -0.05) is 30.5 Å². The molecule has 1 amide bonds. The Hall–Kier alpha value is -1.75. The van der Waals surface area contributed by atoms with E-state index in [9.17, 15) is 4.79 Å². The van der Waals surface area contributed by atoms with Gasteiger partial charge in [-0.25, -0.2) is 4.79 Å². The van der Waals surface area contributed by atoms with Crippen molar-refractivity contribution in [1.29, 1.82) is 0 Å². The number of likely N-dealkylation sites (tertiary alicyclic amines) is 1. The number of carbonyl (C=O) groups is 1. The van der Waals surface area contributed by atoms with Crippen LogP contribution in [-0.2, 0) is 10.2 Å². The predicted octanol–water partition coefficient (Wildman–Crippen LogP) is 4.70. The smallest absolute Gasteiger partial charge is 0.407 e. The summed E-state index contributed by atoms with van der Waals surface area (Å²) in [5.41, 5.74) is 4.59. The number of alkyl carbamates (subject to hydrolysis) is 1. The highest BCUT2D eigenvalue weighted by atomic mass is 16.5. The van der Waals surface area contributed by atoms with Gasteiger partial charge in [0, 0.05) is 31.7 Å². The van der Waals surface area contributed by atoms with Crippen LogP contribution < -0.4 is 10.6 Å². The summed E-state index contributed by atoms with van der Waals surface area (Å²) in [7, 11) is 0. The van der Waals surface area contributed by atoms with Crippen molar-refractivity contribution in [1.82, 2.24) is 10.2 Å². The Morgan fingerprint density at radius 1 is 1.31 bits per heavy atom. The number of hydrogen-bond donors (Lipinski definition) is 2. The first-order valence-corrected chi connectivity index (χ1v) is 11.6. The molecule has 1 aromatic carbocycles. The van der Waals surface area contributed by atoms with Crippen molar-refractivity contribution in [3.63, 3.8) is 0 Å². The van der Waals surface area contributed by atoms with Crippen LogP contribution in [0, 0.1) is 12.8 Å². The summed E-state index contributed by atoms with van der Waals surface area (Å²) in [6.45, 7) is 9.13. The molecule has 0 aromatic heterocycles. The number of aryl methyl sites for hydroxylation is 1. The average Bonchev–Trinajstić information content (AvgIpc) is 2.88. The lowest BCUT2D eigenvalue weighted by atomic mass is 9.74. The largest absolute Gasteiger partial charge is 0.450 e. The summed E-state index contributed by atoms with van der Waals surface area (Å²) in [5, 5.41) is 6.75. The van der Waals surface area contributed by atoms with E-state index in [0.717, 1.165) is 19.4 Å². The minimum atomic E-state index is -0.249. The molecule has 4 rings (SSSR count). The summed E-state index contributed by atoms with van der Waals surface area (Å²) in [4.78, 5) is 14.5. The zero-order chi connectivity index (χ0) is 20.3. The number of fused-ring (bicyclic) bond motifs is 2. The van der Waals surface area contributed by atoms with Gasteiger partial charge in [-0.05, 0) is 76.6 Å². The van der Waals surface area contributed by atoms with Gasteiger partial charge in [0.1, 0.15) is 0 Å². The van der Waals surface area contributed by atoms with E-state index in [4.69, 9.17) is 4.74 Å². The van der Waals surface area contributed by atoms with E-state index in [1.807, 2.05) is 6.92 Å². The second-order valence-corrected chi connectivity index (χ2v) is 9.43. The van der Waals surface area contributed by atoms with E-state index in [1.165, 1.54) is 63.0 Å². The van der Waals surface area contributed by atoms with E-state index < -0.39 is 0 Å². The van der Waals surface area contributed by atoms with Crippen molar-refractivity contribution in [2.45, 2.75) is 70.3 Å². The number of ether oxygens (including phenoxy) is 1. The van der Waals surface area contributed by atoms with E-state index in [-0.39, 0.29) is 13.6 Å². The maximum Gasteiger partial charge on any atom is 0.407 e. The zero-order valence-corrected chi connectivity index (χ0v) is 18.1. The maximum atomic E-state index is 11.8. The van der Waals surface area contributed by atoms with Crippen LogP contribution in [0.1, 0.15) is 64.4 Å². The van der Waals surface area contributed by atoms with Gasteiger partial charge in [-0.3, -0.25) is 0 Å². The molecule has 2 heterocycles. The number of amides is 1. The van der Waals surface area contributed by atoms with Gasteiger partial charge < -0.3 is 20.3 Å². The second-order valence-electron chi connectivity index (χ2n) is 9.43. The molecule has 2 N–H and O–H groups in total. The minimum absolute atomic E-state index is 0. The van der Waals surface area contributed by atoms with Crippen molar-refractivity contribution in [2.24, 2.45) is 5.92 Å². The van der Waals surface area contributed by atoms with E-state index in [1.54, 1.807) is 5.56 Å². The first-order valence-electron chi connectivity index (χ1n) is 11.6. The van der Waals surface area contributed by atoms with Gasteiger partial charge in [0.25, 0.3) is 0 Å². The predicted molar refractivity (Wildman–Crippen MR) is 120 cm³/mol. The molecular weight excluding hydrogens is 362 g/mol. The van der Waals surface area contributed by atoms with Crippen molar-refractivity contribution in [2.75, 3.05) is 38.1 Å². The molecule has 0 radical (unpaired) electrons. The third-order valence-electron chi connectivity index (χ3n) is 7.32. The third-order valence-corrected chi connectivity index (χ3v) is 7.32. The van der Waals surface area contributed by atoms with Crippen LogP contribution in [-0.4, -0.2) is 49.8 Å². The second kappa shape index (κ2) is 8.95. The summed E-state index contributed by atoms with van der Waals surface area (Å²) >= 11 is 0. The minimum Gasteiger partial charge on any atom is -0.450 e. The number of nitrogens with one attached hydrogen (secondary N) is 2. The molecule has 2 unspecified atom stereocenters. The highest BCUT2D eigenvalue weighted by molar-refractivity contribution is 5.67. The number of nitrogens with zero attached hydrogens (tertiary/aromatic N) is 1. The monoisotopic (exact) mass is 401 g/mol. The van der Waals surface area contributed by atoms with E-state index >= 15 is 0 Å². The Kier molecular flexibility index (Phi) is 6.33. The highest BCUT2D eigenvalue weighted by Crippen LogP contribution is 2.44. The third kappa shape index (κ3) is 4.71. The Labute approximate surface area is 177 Å². The molecule has 2 atom stereocenters. The molecule has 1 saturated carbocycles. The molecule has 5 nitrogen and oxygen atoms in total. The van der Waals surface area contributed by atoms with Crippen LogP contribution in [0.3, 0.4) is 0 Å². The molecule has 3 aliphatic rings. The lowest BCUT2D eigenvalue weighted by Gasteiger charge is -2.41. The molecule has 5 heteroatoms. The average molecular weight is 402 g/mol. The molecule has 2 fully saturated rings. The van der Waals surface area contributed by atoms with Gasteiger partial charge >= 0.3 is 6.09 Å². The quantitative estimate of drug-likeness (QED) is 0.719. The van der Waals surface area contributed by atoms with Gasteiger partial charge in [0.15, 0.2) is 0 Å². The lowest BCUT2D eigenvalue weighted by molar-refractivity contribution is 0.133. The number of anilines is 1. The topological polar surface area (TPSA) is 53.6 Å². The Bertz CT molecular complexity index is 718. The molecule has 1 aromatic rings. The standard InChI is InChI=1S/C24H37N3O2.H2/c1-3-29-23(28)26-20-7-5-4-6-19(15-20)16-27-12-10-24(11-13-27)17-25-22-9-8-18(2)14-21(22)24;/h8-9,14,19-20,25H,3-7,10-13,15-17H2,1-2H3,(H,26,28);1H. The summed E-state index contributed by atoms with van der Waals surface area (Å²) in [5.74, 6) is 0.676. The fourth-order valence-corrected chi connectivity index (χ4v) is 5.68. The molecule has 1 saturated heterocycles. The molecule has 29 heavy (non-hydrogen) atoms. The van der Waals surface area contributed by atoms with Gasteiger partial charge in [-0.2, -0.15) is 0 Å². The molecule has 1 spiro atoms. The van der Waals surface area contributed by atoms with Gasteiger partial charge in [0.2, 0.25) is 0 Å². The summed E-state index contributed by atoms with van der Waals surface area (Å²) < 4.78 is 5.09. The van der Waals surface area contributed by atoms with Crippen molar-refractivity contribution in [3.8, 4) is 0 Å². The van der Waals surface area contributed by atoms with Crippen LogP contribution in [0.2, 0.25) is 0 Å². The molecular formula is C24H39N3O2. The SMILES string of the molecule is CCOC(=O)NC1CCCCC(CN2CCC3(CC2)CNc2ccc(C)cc23)C1.[HH]. The van der Waals surface area contributed by atoms with Crippen molar-refractivity contribution >= 4 is 11.8 Å². The van der Waals surface area contributed by atoms with Crippen molar-refractivity contribution < 1.29 is 11.0 Å². The fourth-order valence-electron chi connectivity index (χ4n) is 5.68. The first kappa shape index (κ1) is 20.5. The molecule has 1 aliphatic carbocycles. The number of rotatable bonds is 4. The van der Waals surface area contributed by atoms with E-state index in [0.29, 0.717) is 17.9 Å². The number of hydrogen-bond acceptors (Lipinski definition) is 4. The number of carbonyl (C=O) groups excluding carboxylic acids is 1. The van der Waals surface area contributed by atoms with Crippen LogP contribution in [0.5, 0.6) is 0 Å². The Morgan fingerprint density at radius 3 is 2.90 bits per heavy atom. The fraction of sp³-hybridized carbons (Fsp3) is 0.708. The van der Waals surface area contributed by atoms with Crippen LogP contribution in [0.15, 0.2) is 18.2 Å². The van der Waals surface area contributed by atoms with Crippen molar-refractivity contribution in [3.05, 3.63) is 29.3 Å². The lowest BCUT2D eigenvalue weighted by Crippen LogP contribution is -2.46. The van der Waals surface area contributed by atoms with Crippen LogP contribution in [0.25, 0.3) is 0 Å². The maximum absolute atomic E-state index is 11.8. The first-order chi connectivity index (χ1) is 14.1. The Morgan fingerprint density at radius 2 is 2.10 bits per heavy atom. The summed E-state index contributed by atoms with van der Waals surface area (Å²) in [6.07, 6.45) is 8.18.